The van der Waals surface area contributed by atoms with Gasteiger partial charge in [-0.15, -0.1) is 0 Å². The van der Waals surface area contributed by atoms with Crippen LogP contribution in [-0.2, 0) is 30.3 Å². The summed E-state index contributed by atoms with van der Waals surface area (Å²) in [6, 6.07) is -2.75. The fraction of sp³-hybridized carbons (Fsp3) is 0.611. The highest BCUT2D eigenvalue weighted by atomic mass is 32.1. The van der Waals surface area contributed by atoms with E-state index in [1.807, 2.05) is 0 Å². The number of imidazole rings is 1. The van der Waals surface area contributed by atoms with Gasteiger partial charge in [0.25, 0.3) is 0 Å². The molecule has 0 aliphatic carbocycles. The lowest BCUT2D eigenvalue weighted by atomic mass is 10.0. The summed E-state index contributed by atoms with van der Waals surface area (Å²) in [5.41, 5.74) is 0.647. The number of aromatic amines is 1. The Morgan fingerprint density at radius 3 is 2.31 bits per heavy atom. The maximum atomic E-state index is 12.8. The topological polar surface area (TPSA) is 142 Å². The van der Waals surface area contributed by atoms with Crippen molar-refractivity contribution in [2.24, 2.45) is 5.92 Å². The van der Waals surface area contributed by atoms with Gasteiger partial charge in [-0.05, 0) is 12.8 Å². The molecule has 3 amide bonds. The van der Waals surface area contributed by atoms with Crippen molar-refractivity contribution in [3.05, 3.63) is 18.2 Å². The molecule has 0 spiro atoms. The molecule has 1 rings (SSSR count). The molecule has 0 saturated carbocycles. The Labute approximate surface area is 175 Å². The predicted octanol–water partition coefficient (Wildman–Crippen LogP) is -0.425. The molecule has 0 aliphatic rings. The number of carbonyl (C=O) groups is 4. The minimum Gasteiger partial charge on any atom is -0.464 e. The third-order valence-electron chi connectivity index (χ3n) is 3.99. The Morgan fingerprint density at radius 2 is 1.83 bits per heavy atom. The molecular weight excluding hydrogens is 398 g/mol. The van der Waals surface area contributed by atoms with Gasteiger partial charge in [-0.1, -0.05) is 13.8 Å². The van der Waals surface area contributed by atoms with Crippen LogP contribution in [0.2, 0.25) is 0 Å². The molecule has 1 aromatic rings. The van der Waals surface area contributed by atoms with E-state index < -0.39 is 35.9 Å². The Kier molecular flexibility index (Phi) is 10.2. The standard InChI is InChI=1S/C18H29N5O5S/c1-5-28-18(27)13(6-12-7-19-9-20-12)22-17(26)15(10(2)3)23-16(25)14(8-29)21-11(4)24/h7,9-10,13-15,29H,5-6,8H2,1-4H3,(H,19,20)(H,21,24)(H,22,26)(H,23,25)/t13-,14-,15-/m0/s1. The molecule has 29 heavy (non-hydrogen) atoms. The predicted molar refractivity (Wildman–Crippen MR) is 109 cm³/mol. The highest BCUT2D eigenvalue weighted by molar-refractivity contribution is 7.80. The number of amides is 3. The highest BCUT2D eigenvalue weighted by Crippen LogP contribution is 2.07. The van der Waals surface area contributed by atoms with Gasteiger partial charge in [0.05, 0.1) is 12.9 Å². The van der Waals surface area contributed by atoms with Crippen LogP contribution in [0.3, 0.4) is 0 Å². The van der Waals surface area contributed by atoms with E-state index in [-0.39, 0.29) is 30.6 Å². The van der Waals surface area contributed by atoms with Crippen LogP contribution < -0.4 is 16.0 Å². The van der Waals surface area contributed by atoms with Gasteiger partial charge in [-0.3, -0.25) is 14.4 Å². The normalized spacial score (nSPS) is 13.9. The number of nitrogens with one attached hydrogen (secondary N) is 4. The number of rotatable bonds is 11. The van der Waals surface area contributed by atoms with Crippen molar-refractivity contribution in [3.8, 4) is 0 Å². The van der Waals surface area contributed by atoms with Crippen molar-refractivity contribution < 1.29 is 23.9 Å². The van der Waals surface area contributed by atoms with Crippen LogP contribution in [-0.4, -0.2) is 64.1 Å². The number of hydrogen-bond donors (Lipinski definition) is 5. The summed E-state index contributed by atoms with van der Waals surface area (Å²) in [7, 11) is 0. The van der Waals surface area contributed by atoms with E-state index >= 15 is 0 Å². The van der Waals surface area contributed by atoms with Crippen molar-refractivity contribution in [3.63, 3.8) is 0 Å². The molecule has 4 N–H and O–H groups in total. The first kappa shape index (κ1) is 24.5. The van der Waals surface area contributed by atoms with E-state index in [9.17, 15) is 19.2 Å². The smallest absolute Gasteiger partial charge is 0.329 e. The van der Waals surface area contributed by atoms with Crippen LogP contribution in [0.25, 0.3) is 0 Å². The largest absolute Gasteiger partial charge is 0.464 e. The van der Waals surface area contributed by atoms with Gasteiger partial charge in [0.2, 0.25) is 17.7 Å². The van der Waals surface area contributed by atoms with Crippen molar-refractivity contribution in [1.82, 2.24) is 25.9 Å². The molecule has 0 bridgehead atoms. The number of esters is 1. The molecule has 1 aromatic heterocycles. The molecule has 0 fully saturated rings. The van der Waals surface area contributed by atoms with Gasteiger partial charge in [-0.25, -0.2) is 9.78 Å². The van der Waals surface area contributed by atoms with Crippen molar-refractivity contribution >= 4 is 36.3 Å². The minimum absolute atomic E-state index is 0.0725. The molecule has 0 aliphatic heterocycles. The van der Waals surface area contributed by atoms with Crippen LogP contribution in [0.4, 0.5) is 0 Å². The second kappa shape index (κ2) is 12.1. The summed E-state index contributed by atoms with van der Waals surface area (Å²) in [6.45, 7) is 6.64. The SMILES string of the molecule is CCOC(=O)[C@H](Cc1cnc[nH]1)NC(=O)[C@@H](NC(=O)[C@H](CS)NC(C)=O)C(C)C. The molecule has 162 valence electrons. The Hall–Kier alpha value is -2.56. The first-order chi connectivity index (χ1) is 13.7. The fourth-order valence-electron chi connectivity index (χ4n) is 2.54. The molecule has 0 aromatic carbocycles. The lowest BCUT2D eigenvalue weighted by Gasteiger charge is -2.26. The number of aromatic nitrogens is 2. The summed E-state index contributed by atoms with van der Waals surface area (Å²) in [4.78, 5) is 55.6. The van der Waals surface area contributed by atoms with Crippen LogP contribution in [0.5, 0.6) is 0 Å². The van der Waals surface area contributed by atoms with E-state index in [0.717, 1.165) is 0 Å². The number of carbonyl (C=O) groups excluding carboxylic acids is 4. The van der Waals surface area contributed by atoms with Gasteiger partial charge in [0.1, 0.15) is 18.1 Å². The summed E-state index contributed by atoms with van der Waals surface area (Å²) in [5.74, 6) is -2.24. The van der Waals surface area contributed by atoms with Gasteiger partial charge in [0.15, 0.2) is 0 Å². The minimum atomic E-state index is -0.947. The number of hydrogen-bond acceptors (Lipinski definition) is 7. The van der Waals surface area contributed by atoms with Crippen molar-refractivity contribution in [2.45, 2.75) is 52.2 Å². The summed E-state index contributed by atoms with van der Waals surface area (Å²) in [6.07, 6.45) is 3.18. The second-order valence-electron chi connectivity index (χ2n) is 6.76. The molecule has 0 unspecified atom stereocenters. The van der Waals surface area contributed by atoms with Gasteiger partial charge in [-0.2, -0.15) is 12.6 Å². The van der Waals surface area contributed by atoms with Crippen LogP contribution in [0, 0.1) is 5.92 Å². The van der Waals surface area contributed by atoms with Crippen LogP contribution in [0.15, 0.2) is 12.5 Å². The Morgan fingerprint density at radius 1 is 1.14 bits per heavy atom. The van der Waals surface area contributed by atoms with Gasteiger partial charge < -0.3 is 25.7 Å². The van der Waals surface area contributed by atoms with Gasteiger partial charge >= 0.3 is 5.97 Å². The lowest BCUT2D eigenvalue weighted by Crippen LogP contribution is -2.58. The molecular formula is C18H29N5O5S. The van der Waals surface area contributed by atoms with E-state index in [2.05, 4.69) is 38.5 Å². The van der Waals surface area contributed by atoms with E-state index in [1.165, 1.54) is 13.3 Å². The average molecular weight is 428 g/mol. The van der Waals surface area contributed by atoms with E-state index in [1.54, 1.807) is 27.0 Å². The van der Waals surface area contributed by atoms with Crippen LogP contribution >= 0.6 is 12.6 Å². The maximum absolute atomic E-state index is 12.8. The summed E-state index contributed by atoms with van der Waals surface area (Å²) < 4.78 is 5.04. The Bertz CT molecular complexity index is 695. The maximum Gasteiger partial charge on any atom is 0.329 e. The molecule has 3 atom stereocenters. The summed E-state index contributed by atoms with van der Waals surface area (Å²) in [5, 5.41) is 7.74. The number of thiol groups is 1. The first-order valence-electron chi connectivity index (χ1n) is 9.32. The number of H-pyrrole nitrogens is 1. The molecule has 10 nitrogen and oxygen atoms in total. The fourth-order valence-corrected chi connectivity index (χ4v) is 2.80. The first-order valence-corrected chi connectivity index (χ1v) is 9.95. The van der Waals surface area contributed by atoms with Crippen molar-refractivity contribution in [2.75, 3.05) is 12.4 Å². The Balaban J connectivity index is 2.90. The quantitative estimate of drug-likeness (QED) is 0.240. The van der Waals surface area contributed by atoms with Gasteiger partial charge in [0, 0.05) is 31.0 Å². The van der Waals surface area contributed by atoms with Crippen LogP contribution in [0.1, 0.15) is 33.4 Å². The molecule has 1 heterocycles. The lowest BCUT2D eigenvalue weighted by molar-refractivity contribution is -0.147. The molecule has 0 saturated heterocycles. The third kappa shape index (κ3) is 8.14. The monoisotopic (exact) mass is 427 g/mol. The average Bonchev–Trinajstić information content (AvgIpc) is 3.16. The second-order valence-corrected chi connectivity index (χ2v) is 7.13. The zero-order valence-corrected chi connectivity index (χ0v) is 17.9. The zero-order chi connectivity index (χ0) is 22.0. The molecule has 0 radical (unpaired) electrons. The third-order valence-corrected chi connectivity index (χ3v) is 4.36. The zero-order valence-electron chi connectivity index (χ0n) is 17.0. The highest BCUT2D eigenvalue weighted by Gasteiger charge is 2.31. The van der Waals surface area contributed by atoms with E-state index in [0.29, 0.717) is 5.69 Å². The summed E-state index contributed by atoms with van der Waals surface area (Å²) >= 11 is 4.06. The molecule has 11 heteroatoms. The van der Waals surface area contributed by atoms with Crippen molar-refractivity contribution in [1.29, 1.82) is 0 Å². The van der Waals surface area contributed by atoms with E-state index in [4.69, 9.17) is 4.74 Å². The number of ether oxygens (including phenoxy) is 1. The number of nitrogens with zero attached hydrogens (tertiary/aromatic N) is 1.